The van der Waals surface area contributed by atoms with Crippen LogP contribution in [0, 0.1) is 30.9 Å². The smallest absolute Gasteiger partial charge is 0.224 e. The van der Waals surface area contributed by atoms with Crippen molar-refractivity contribution < 1.29 is 4.79 Å². The van der Waals surface area contributed by atoms with E-state index in [1.54, 1.807) is 0 Å². The number of hydrogen-bond acceptors (Lipinski definition) is 3. The van der Waals surface area contributed by atoms with E-state index in [0.29, 0.717) is 24.9 Å². The number of carbonyl (C=O) groups is 1. The number of hydrogen-bond donors (Lipinski definition) is 0. The molecule has 3 atom stereocenters. The van der Waals surface area contributed by atoms with Crippen molar-refractivity contribution in [3.8, 4) is 0 Å². The lowest BCUT2D eigenvalue weighted by atomic mass is 9.87. The normalized spacial score (nSPS) is 29.9. The Morgan fingerprint density at radius 1 is 1.09 bits per heavy atom. The SMILES string of the molecule is [C-]#[N+]CC1CCN(C)CC1=O.[C-]#[N+]CC1CCN(C)CC1C. The average Bonchev–Trinajstić information content (AvgIpc) is 2.46. The molecule has 2 fully saturated rings. The zero-order chi connectivity index (χ0) is 16.5. The molecule has 0 aromatic rings. The van der Waals surface area contributed by atoms with Crippen LogP contribution in [0.4, 0.5) is 0 Å². The molecule has 0 saturated carbocycles. The minimum absolute atomic E-state index is 0.0173. The van der Waals surface area contributed by atoms with Gasteiger partial charge in [0, 0.05) is 12.5 Å². The molecule has 2 aliphatic rings. The van der Waals surface area contributed by atoms with Crippen molar-refractivity contribution in [3.05, 3.63) is 22.8 Å². The Hall–Kier alpha value is -1.43. The molecule has 0 amide bonds. The number of Topliss-reactive ketones (excluding diaryl/α,β-unsaturated/α-hetero) is 1. The third kappa shape index (κ3) is 6.13. The summed E-state index contributed by atoms with van der Waals surface area (Å²) in [6, 6.07) is 0. The Labute approximate surface area is 134 Å². The van der Waals surface area contributed by atoms with Crippen molar-refractivity contribution in [2.24, 2.45) is 17.8 Å². The summed E-state index contributed by atoms with van der Waals surface area (Å²) < 4.78 is 0. The van der Waals surface area contributed by atoms with Crippen LogP contribution >= 0.6 is 0 Å². The van der Waals surface area contributed by atoms with E-state index < -0.39 is 0 Å². The molecule has 2 rings (SSSR count). The first-order chi connectivity index (χ1) is 10.5. The van der Waals surface area contributed by atoms with Crippen molar-refractivity contribution in [1.29, 1.82) is 0 Å². The highest BCUT2D eigenvalue weighted by Gasteiger charge is 2.27. The van der Waals surface area contributed by atoms with Gasteiger partial charge in [0.1, 0.15) is 0 Å². The first kappa shape index (κ1) is 18.6. The Morgan fingerprint density at radius 3 is 2.27 bits per heavy atom. The van der Waals surface area contributed by atoms with Gasteiger partial charge in [0.2, 0.25) is 13.1 Å². The molecule has 5 heteroatoms. The van der Waals surface area contributed by atoms with Gasteiger partial charge in [-0.05, 0) is 45.9 Å². The van der Waals surface area contributed by atoms with Crippen LogP contribution in [0.1, 0.15) is 19.8 Å². The van der Waals surface area contributed by atoms with E-state index in [0.717, 1.165) is 19.5 Å². The number of likely N-dealkylation sites (tertiary alicyclic amines) is 2. The minimum atomic E-state index is 0.0173. The third-order valence-electron chi connectivity index (χ3n) is 4.66. The van der Waals surface area contributed by atoms with Gasteiger partial charge in [-0.15, -0.1) is 0 Å². The Morgan fingerprint density at radius 2 is 1.73 bits per heavy atom. The van der Waals surface area contributed by atoms with Gasteiger partial charge < -0.3 is 14.6 Å². The fraction of sp³-hybridized carbons (Fsp3) is 0.824. The molecule has 2 aliphatic heterocycles. The summed E-state index contributed by atoms with van der Waals surface area (Å²) in [6.07, 6.45) is 2.07. The molecule has 22 heavy (non-hydrogen) atoms. The Kier molecular flexibility index (Phi) is 8.09. The molecule has 122 valence electrons. The quantitative estimate of drug-likeness (QED) is 0.731. The lowest BCUT2D eigenvalue weighted by Crippen LogP contribution is -2.39. The molecular formula is C17H28N4O. The lowest BCUT2D eigenvalue weighted by molar-refractivity contribution is -0.125. The highest BCUT2D eigenvalue weighted by atomic mass is 16.1. The van der Waals surface area contributed by atoms with Crippen molar-refractivity contribution >= 4 is 5.78 Å². The summed E-state index contributed by atoms with van der Waals surface area (Å²) >= 11 is 0. The van der Waals surface area contributed by atoms with Gasteiger partial charge in [-0.1, -0.05) is 6.92 Å². The fourth-order valence-electron chi connectivity index (χ4n) is 3.11. The molecule has 0 aromatic carbocycles. The minimum Gasteiger partial charge on any atom is -0.317 e. The van der Waals surface area contributed by atoms with Gasteiger partial charge in [0.15, 0.2) is 5.78 Å². The largest absolute Gasteiger partial charge is 0.317 e. The predicted octanol–water partition coefficient (Wildman–Crippen LogP) is 1.92. The number of ketones is 1. The van der Waals surface area contributed by atoms with E-state index in [1.165, 1.54) is 19.5 Å². The molecule has 0 radical (unpaired) electrons. The summed E-state index contributed by atoms with van der Waals surface area (Å²) in [7, 11) is 4.09. The standard InChI is InChI=1S/C9H16N2.C8H12N2O/c1-8-7-11(3)5-4-9(8)6-10-2;1-9-5-7-3-4-10(2)6-8(7)11/h8-9H,4-7H2,1,3H3;7H,3-6H2,2H3. The van der Waals surface area contributed by atoms with Gasteiger partial charge in [0.25, 0.3) is 0 Å². The van der Waals surface area contributed by atoms with Crippen molar-refractivity contribution in [3.63, 3.8) is 0 Å². The zero-order valence-electron chi connectivity index (χ0n) is 14.1. The highest BCUT2D eigenvalue weighted by molar-refractivity contribution is 5.84. The van der Waals surface area contributed by atoms with Gasteiger partial charge in [-0.3, -0.25) is 9.69 Å². The summed E-state index contributed by atoms with van der Waals surface area (Å²) in [4.78, 5) is 22.3. The van der Waals surface area contributed by atoms with Crippen LogP contribution < -0.4 is 0 Å². The van der Waals surface area contributed by atoms with E-state index in [2.05, 4.69) is 28.6 Å². The van der Waals surface area contributed by atoms with E-state index in [4.69, 9.17) is 13.1 Å². The highest BCUT2D eigenvalue weighted by Crippen LogP contribution is 2.22. The molecule has 2 heterocycles. The van der Waals surface area contributed by atoms with Gasteiger partial charge in [-0.25, -0.2) is 13.1 Å². The maximum absolute atomic E-state index is 11.2. The van der Waals surface area contributed by atoms with Crippen molar-refractivity contribution in [2.75, 3.05) is 53.4 Å². The van der Waals surface area contributed by atoms with E-state index in [9.17, 15) is 4.79 Å². The summed E-state index contributed by atoms with van der Waals surface area (Å²) in [5.41, 5.74) is 0. The van der Waals surface area contributed by atoms with Gasteiger partial charge in [0.05, 0.1) is 12.5 Å². The molecule has 0 N–H and O–H groups in total. The van der Waals surface area contributed by atoms with Crippen LogP contribution in [0.25, 0.3) is 9.69 Å². The first-order valence-electron chi connectivity index (χ1n) is 8.04. The number of nitrogens with zero attached hydrogens (tertiary/aromatic N) is 4. The number of carbonyl (C=O) groups excluding carboxylic acids is 1. The molecular weight excluding hydrogens is 276 g/mol. The summed E-state index contributed by atoms with van der Waals surface area (Å²) in [5, 5.41) is 0. The van der Waals surface area contributed by atoms with E-state index in [-0.39, 0.29) is 11.7 Å². The second kappa shape index (κ2) is 9.56. The third-order valence-corrected chi connectivity index (χ3v) is 4.66. The topological polar surface area (TPSA) is 32.3 Å². The van der Waals surface area contributed by atoms with E-state index >= 15 is 0 Å². The van der Waals surface area contributed by atoms with Crippen LogP contribution in [0.3, 0.4) is 0 Å². The lowest BCUT2D eigenvalue weighted by Gasteiger charge is -2.31. The van der Waals surface area contributed by atoms with Gasteiger partial charge in [-0.2, -0.15) is 0 Å². The second-order valence-corrected chi connectivity index (χ2v) is 6.66. The summed E-state index contributed by atoms with van der Waals surface area (Å²) in [6.45, 7) is 20.6. The van der Waals surface area contributed by atoms with Crippen LogP contribution in [0.5, 0.6) is 0 Å². The van der Waals surface area contributed by atoms with Crippen LogP contribution in [0.2, 0.25) is 0 Å². The molecule has 3 unspecified atom stereocenters. The average molecular weight is 304 g/mol. The van der Waals surface area contributed by atoms with Crippen molar-refractivity contribution in [2.45, 2.75) is 19.8 Å². The number of piperidine rings is 2. The monoisotopic (exact) mass is 304 g/mol. The van der Waals surface area contributed by atoms with Gasteiger partial charge >= 0.3 is 0 Å². The molecule has 0 aliphatic carbocycles. The van der Waals surface area contributed by atoms with Crippen LogP contribution in [0.15, 0.2) is 0 Å². The maximum atomic E-state index is 11.2. The summed E-state index contributed by atoms with van der Waals surface area (Å²) in [5.74, 6) is 1.62. The molecule has 5 nitrogen and oxygen atoms in total. The Bertz CT molecular complexity index is 437. The predicted molar refractivity (Wildman–Crippen MR) is 88.3 cm³/mol. The first-order valence-corrected chi connectivity index (χ1v) is 8.04. The Balaban J connectivity index is 0.000000220. The molecule has 0 aromatic heterocycles. The van der Waals surface area contributed by atoms with E-state index in [1.807, 2.05) is 11.9 Å². The van der Waals surface area contributed by atoms with Crippen LogP contribution in [-0.2, 0) is 4.79 Å². The maximum Gasteiger partial charge on any atom is 0.224 e. The second-order valence-electron chi connectivity index (χ2n) is 6.66. The van der Waals surface area contributed by atoms with Crippen molar-refractivity contribution in [1.82, 2.24) is 9.80 Å². The number of rotatable bonds is 2. The molecule has 2 saturated heterocycles. The fourth-order valence-corrected chi connectivity index (χ4v) is 3.11. The van der Waals surface area contributed by atoms with Crippen LogP contribution in [-0.4, -0.2) is 68.9 Å². The zero-order valence-corrected chi connectivity index (χ0v) is 14.1. The molecule has 0 spiro atoms. The number of likely N-dealkylation sites (N-methyl/N-ethyl adjacent to an activating group) is 1. The molecule has 0 bridgehead atoms.